The molecule has 0 saturated carbocycles. The molecule has 1 fully saturated rings. The van der Waals surface area contributed by atoms with Gasteiger partial charge in [0.2, 0.25) is 0 Å². The normalized spacial score (nSPS) is 16.8. The van der Waals surface area contributed by atoms with E-state index in [1.165, 1.54) is 42.6 Å². The first-order valence-electron chi connectivity index (χ1n) is 10.5. The van der Waals surface area contributed by atoms with Crippen molar-refractivity contribution in [2.24, 2.45) is 0 Å². The van der Waals surface area contributed by atoms with E-state index in [9.17, 15) is 5.11 Å². The highest BCUT2D eigenvalue weighted by atomic mass is 16.3. The van der Waals surface area contributed by atoms with Gasteiger partial charge in [-0.25, -0.2) is 4.98 Å². The third kappa shape index (κ3) is 5.88. The Hall–Kier alpha value is -2.23. The summed E-state index contributed by atoms with van der Waals surface area (Å²) >= 11 is 0. The topological polar surface area (TPSA) is 36.4 Å². The molecule has 1 N–H and O–H groups in total. The number of hydrogen-bond donors (Lipinski definition) is 1. The van der Waals surface area contributed by atoms with E-state index < -0.39 is 6.10 Å². The number of benzene rings is 1. The Balaban J connectivity index is 1.87. The average molecular weight is 377 g/mol. The van der Waals surface area contributed by atoms with E-state index in [-0.39, 0.29) is 0 Å². The van der Waals surface area contributed by atoms with Crippen LogP contribution in [0.1, 0.15) is 55.1 Å². The lowest BCUT2D eigenvalue weighted by molar-refractivity contribution is 0.212. The van der Waals surface area contributed by atoms with Crippen LogP contribution in [0.25, 0.3) is 11.6 Å². The highest BCUT2D eigenvalue weighted by Gasteiger charge is 2.12. The Bertz CT molecular complexity index is 802. The van der Waals surface area contributed by atoms with Gasteiger partial charge in [-0.2, -0.15) is 0 Å². The summed E-state index contributed by atoms with van der Waals surface area (Å²) in [6.07, 6.45) is 10.0. The van der Waals surface area contributed by atoms with E-state index in [2.05, 4.69) is 55.2 Å². The molecular weight excluding hydrogens is 344 g/mol. The summed E-state index contributed by atoms with van der Waals surface area (Å²) in [4.78, 5) is 7.36. The quantitative estimate of drug-likeness (QED) is 0.697. The summed E-state index contributed by atoms with van der Waals surface area (Å²) in [5.41, 5.74) is 5.50. The van der Waals surface area contributed by atoms with Crippen molar-refractivity contribution in [3.8, 4) is 0 Å². The largest absolute Gasteiger partial charge is 0.389 e. The fourth-order valence-corrected chi connectivity index (χ4v) is 3.58. The molecule has 2 heterocycles. The average Bonchev–Trinajstić information content (AvgIpc) is 3.22. The highest BCUT2D eigenvalue weighted by Crippen LogP contribution is 2.23. The molecule has 1 unspecified atom stereocenters. The van der Waals surface area contributed by atoms with Gasteiger partial charge in [-0.1, -0.05) is 61.4 Å². The predicted molar refractivity (Wildman–Crippen MR) is 118 cm³/mol. The fourth-order valence-electron chi connectivity index (χ4n) is 3.58. The summed E-state index contributed by atoms with van der Waals surface area (Å²) in [7, 11) is 0. The first-order chi connectivity index (χ1) is 13.7. The van der Waals surface area contributed by atoms with Crippen LogP contribution >= 0.6 is 0 Å². The van der Waals surface area contributed by atoms with Crippen LogP contribution in [0.3, 0.4) is 0 Å². The van der Waals surface area contributed by atoms with Gasteiger partial charge >= 0.3 is 0 Å². The monoisotopic (exact) mass is 376 g/mol. The second-order valence-corrected chi connectivity index (χ2v) is 7.65. The van der Waals surface area contributed by atoms with Gasteiger partial charge in [-0.15, -0.1) is 0 Å². The molecule has 0 amide bonds. The maximum Gasteiger partial charge on any atom is 0.0724 e. The van der Waals surface area contributed by atoms with E-state index in [1.807, 2.05) is 24.3 Å². The van der Waals surface area contributed by atoms with Crippen molar-refractivity contribution in [2.75, 3.05) is 19.6 Å². The lowest BCUT2D eigenvalue weighted by Crippen LogP contribution is -2.19. The molecule has 3 rings (SSSR count). The van der Waals surface area contributed by atoms with Crippen LogP contribution in [0.5, 0.6) is 0 Å². The SMILES string of the molecule is CCCC(O)/C=C/c1cccc(/C(=C/CN2CCCC2)c2ccc(C)cc2)n1. The molecular formula is C25H32N2O. The first kappa shape index (κ1) is 20.5. The molecule has 1 aromatic carbocycles. The molecule has 0 spiro atoms. The Morgan fingerprint density at radius 3 is 2.61 bits per heavy atom. The standard InChI is InChI=1S/C25H32N2O/c1-3-7-23(28)15-14-22-8-6-9-25(26-22)24(16-19-27-17-4-5-18-27)21-12-10-20(2)11-13-21/h6,8-16,23,28H,3-5,7,17-19H2,1-2H3/b15-14+,24-16+. The first-order valence-corrected chi connectivity index (χ1v) is 10.5. The zero-order valence-corrected chi connectivity index (χ0v) is 17.1. The number of aliphatic hydroxyl groups is 1. The van der Waals surface area contributed by atoms with Crippen molar-refractivity contribution in [1.82, 2.24) is 9.88 Å². The lowest BCUT2D eigenvalue weighted by Gasteiger charge is -2.14. The molecule has 148 valence electrons. The number of nitrogens with zero attached hydrogens (tertiary/aromatic N) is 2. The number of aliphatic hydroxyl groups excluding tert-OH is 1. The summed E-state index contributed by atoms with van der Waals surface area (Å²) in [6.45, 7) is 7.52. The Morgan fingerprint density at radius 2 is 1.89 bits per heavy atom. The smallest absolute Gasteiger partial charge is 0.0724 e. The third-order valence-electron chi connectivity index (χ3n) is 5.24. The summed E-state index contributed by atoms with van der Waals surface area (Å²) in [5.74, 6) is 0. The summed E-state index contributed by atoms with van der Waals surface area (Å²) in [5, 5.41) is 9.97. The van der Waals surface area contributed by atoms with Crippen molar-refractivity contribution in [2.45, 2.75) is 45.6 Å². The molecule has 28 heavy (non-hydrogen) atoms. The molecule has 1 aliphatic heterocycles. The number of aromatic nitrogens is 1. The third-order valence-corrected chi connectivity index (χ3v) is 5.24. The van der Waals surface area contributed by atoms with E-state index >= 15 is 0 Å². The van der Waals surface area contributed by atoms with Crippen molar-refractivity contribution < 1.29 is 5.11 Å². The van der Waals surface area contributed by atoms with Gasteiger partial charge in [0, 0.05) is 12.1 Å². The number of hydrogen-bond acceptors (Lipinski definition) is 3. The molecule has 1 saturated heterocycles. The van der Waals surface area contributed by atoms with Gasteiger partial charge in [0.05, 0.1) is 17.5 Å². The van der Waals surface area contributed by atoms with Crippen molar-refractivity contribution in [3.05, 3.63) is 77.1 Å². The van der Waals surface area contributed by atoms with Crippen LogP contribution < -0.4 is 0 Å². The lowest BCUT2D eigenvalue weighted by atomic mass is 10.00. The molecule has 3 heteroatoms. The van der Waals surface area contributed by atoms with Gasteiger partial charge in [-0.05, 0) is 63.0 Å². The Labute approximate surface area is 169 Å². The van der Waals surface area contributed by atoms with Gasteiger partial charge < -0.3 is 5.11 Å². The van der Waals surface area contributed by atoms with E-state index in [0.717, 1.165) is 30.8 Å². The van der Waals surface area contributed by atoms with Crippen molar-refractivity contribution >= 4 is 11.6 Å². The summed E-state index contributed by atoms with van der Waals surface area (Å²) in [6, 6.07) is 14.8. The Kier molecular flexibility index (Phi) is 7.58. The zero-order valence-electron chi connectivity index (χ0n) is 17.1. The second kappa shape index (κ2) is 10.4. The minimum Gasteiger partial charge on any atom is -0.389 e. The van der Waals surface area contributed by atoms with Crippen LogP contribution in [0.15, 0.2) is 54.6 Å². The Morgan fingerprint density at radius 1 is 1.14 bits per heavy atom. The maximum atomic E-state index is 9.97. The van der Waals surface area contributed by atoms with Crippen molar-refractivity contribution in [3.63, 3.8) is 0 Å². The molecule has 0 bridgehead atoms. The molecule has 0 aliphatic carbocycles. The van der Waals surface area contributed by atoms with Crippen LogP contribution in [0, 0.1) is 6.92 Å². The molecule has 3 nitrogen and oxygen atoms in total. The molecule has 1 aromatic heterocycles. The molecule has 1 atom stereocenters. The van der Waals surface area contributed by atoms with Gasteiger partial charge in [0.15, 0.2) is 0 Å². The minimum atomic E-state index is -0.405. The van der Waals surface area contributed by atoms with Crippen LogP contribution in [0.4, 0.5) is 0 Å². The fraction of sp³-hybridized carbons (Fsp3) is 0.400. The number of likely N-dealkylation sites (tertiary alicyclic amines) is 1. The van der Waals surface area contributed by atoms with Crippen LogP contribution in [-0.4, -0.2) is 40.7 Å². The van der Waals surface area contributed by atoms with Gasteiger partial charge in [-0.3, -0.25) is 4.90 Å². The van der Waals surface area contributed by atoms with E-state index in [0.29, 0.717) is 0 Å². The number of pyridine rings is 1. The molecule has 2 aromatic rings. The van der Waals surface area contributed by atoms with E-state index in [1.54, 1.807) is 0 Å². The van der Waals surface area contributed by atoms with Crippen molar-refractivity contribution in [1.29, 1.82) is 0 Å². The van der Waals surface area contributed by atoms with Crippen LogP contribution in [-0.2, 0) is 0 Å². The van der Waals surface area contributed by atoms with Crippen LogP contribution in [0.2, 0.25) is 0 Å². The molecule has 1 aliphatic rings. The predicted octanol–water partition coefficient (Wildman–Crippen LogP) is 5.09. The summed E-state index contributed by atoms with van der Waals surface area (Å²) < 4.78 is 0. The zero-order chi connectivity index (χ0) is 19.8. The van der Waals surface area contributed by atoms with Gasteiger partial charge in [0.1, 0.15) is 0 Å². The van der Waals surface area contributed by atoms with E-state index in [4.69, 9.17) is 4.98 Å². The van der Waals surface area contributed by atoms with Gasteiger partial charge in [0.25, 0.3) is 0 Å². The maximum absolute atomic E-state index is 9.97. The minimum absolute atomic E-state index is 0.405. The number of aryl methyl sites for hydroxylation is 1. The molecule has 0 radical (unpaired) electrons. The highest BCUT2D eigenvalue weighted by molar-refractivity contribution is 5.78. The second-order valence-electron chi connectivity index (χ2n) is 7.65. The number of rotatable bonds is 8.